The molecule has 1 aliphatic carbocycles. The van der Waals surface area contributed by atoms with Crippen molar-refractivity contribution in [2.24, 2.45) is 0 Å². The van der Waals surface area contributed by atoms with Crippen LogP contribution in [0.1, 0.15) is 31.2 Å². The normalized spacial score (nSPS) is 23.3. The van der Waals surface area contributed by atoms with Crippen LogP contribution in [0.25, 0.3) is 0 Å². The van der Waals surface area contributed by atoms with Crippen LogP contribution in [-0.2, 0) is 11.3 Å². The van der Waals surface area contributed by atoms with Crippen LogP contribution < -0.4 is 0 Å². The highest BCUT2D eigenvalue weighted by molar-refractivity contribution is 5.34. The van der Waals surface area contributed by atoms with Gasteiger partial charge in [-0.15, -0.1) is 0 Å². The minimum Gasteiger partial charge on any atom is -0.393 e. The number of ether oxygens (including phenoxy) is 1. The third-order valence-corrected chi connectivity index (χ3v) is 3.28. The Hall–Kier alpha value is -1.53. The molecule has 1 N–H and O–H groups in total. The molecule has 2 rings (SSSR count). The number of non-ortho nitro benzene ring substituents is 1. The molecule has 6 heteroatoms. The molecule has 5 nitrogen and oxygen atoms in total. The molecule has 1 aromatic carbocycles. The van der Waals surface area contributed by atoms with E-state index in [1.54, 1.807) is 0 Å². The predicted molar refractivity (Wildman–Crippen MR) is 66.1 cm³/mol. The molecule has 0 aromatic heterocycles. The van der Waals surface area contributed by atoms with Crippen LogP contribution in [0.5, 0.6) is 0 Å². The molecule has 0 saturated heterocycles. The molecule has 0 heterocycles. The summed E-state index contributed by atoms with van der Waals surface area (Å²) in [7, 11) is 0. The maximum absolute atomic E-state index is 13.2. The Balaban J connectivity index is 1.94. The summed E-state index contributed by atoms with van der Waals surface area (Å²) in [4.78, 5) is 10.00. The second-order valence-electron chi connectivity index (χ2n) is 4.82. The highest BCUT2D eigenvalue weighted by atomic mass is 19.1. The number of hydrogen-bond donors (Lipinski definition) is 1. The zero-order valence-electron chi connectivity index (χ0n) is 10.4. The van der Waals surface area contributed by atoms with E-state index in [0.717, 1.165) is 18.9 Å². The van der Waals surface area contributed by atoms with Crippen LogP contribution in [0.4, 0.5) is 10.1 Å². The van der Waals surface area contributed by atoms with Crippen LogP contribution in [0.15, 0.2) is 18.2 Å². The smallest absolute Gasteiger partial charge is 0.272 e. The van der Waals surface area contributed by atoms with Gasteiger partial charge in [0.05, 0.1) is 29.8 Å². The molecule has 0 radical (unpaired) electrons. The lowest BCUT2D eigenvalue weighted by molar-refractivity contribution is -0.385. The molecule has 0 atom stereocenters. The number of aliphatic hydroxyl groups excluding tert-OH is 1. The van der Waals surface area contributed by atoms with E-state index in [0.29, 0.717) is 18.4 Å². The summed E-state index contributed by atoms with van der Waals surface area (Å²) >= 11 is 0. The van der Waals surface area contributed by atoms with Gasteiger partial charge in [-0.3, -0.25) is 10.1 Å². The minimum atomic E-state index is -0.633. The Morgan fingerprint density at radius 2 is 2.00 bits per heavy atom. The molecular weight excluding hydrogens is 253 g/mol. The Labute approximate surface area is 110 Å². The maximum Gasteiger partial charge on any atom is 0.272 e. The second-order valence-corrected chi connectivity index (χ2v) is 4.82. The van der Waals surface area contributed by atoms with Crippen molar-refractivity contribution >= 4 is 5.69 Å². The topological polar surface area (TPSA) is 72.6 Å². The van der Waals surface area contributed by atoms with Gasteiger partial charge in [0.1, 0.15) is 5.82 Å². The zero-order chi connectivity index (χ0) is 13.8. The summed E-state index contributed by atoms with van der Waals surface area (Å²) in [6.45, 7) is 0.152. The van der Waals surface area contributed by atoms with E-state index in [1.807, 2.05) is 0 Å². The average Bonchev–Trinajstić information content (AvgIpc) is 2.37. The second kappa shape index (κ2) is 6.08. The standard InChI is InChI=1S/C13H16FNO4/c14-10-5-9(6-11(7-10)15(17)18)8-19-13-3-1-12(16)2-4-13/h5-7,12-13,16H,1-4,8H2. The first kappa shape index (κ1) is 13.9. The third-order valence-electron chi connectivity index (χ3n) is 3.28. The summed E-state index contributed by atoms with van der Waals surface area (Å²) in [5.74, 6) is -0.633. The van der Waals surface area contributed by atoms with Gasteiger partial charge in [-0.1, -0.05) is 0 Å². The Morgan fingerprint density at radius 1 is 1.32 bits per heavy atom. The van der Waals surface area contributed by atoms with E-state index in [4.69, 9.17) is 4.74 Å². The van der Waals surface area contributed by atoms with E-state index in [2.05, 4.69) is 0 Å². The number of hydrogen-bond acceptors (Lipinski definition) is 4. The van der Waals surface area contributed by atoms with Crippen LogP contribution in [-0.4, -0.2) is 22.2 Å². The van der Waals surface area contributed by atoms with Gasteiger partial charge >= 0.3 is 0 Å². The van der Waals surface area contributed by atoms with Gasteiger partial charge in [0.15, 0.2) is 0 Å². The monoisotopic (exact) mass is 269 g/mol. The van der Waals surface area contributed by atoms with Gasteiger partial charge in [-0.2, -0.15) is 0 Å². The van der Waals surface area contributed by atoms with Crippen LogP contribution in [0.2, 0.25) is 0 Å². The lowest BCUT2D eigenvalue weighted by atomic mass is 9.95. The minimum absolute atomic E-state index is 0.0331. The van der Waals surface area contributed by atoms with E-state index < -0.39 is 10.7 Å². The Bertz CT molecular complexity index is 458. The first-order valence-corrected chi connectivity index (χ1v) is 6.28. The average molecular weight is 269 g/mol. The molecule has 19 heavy (non-hydrogen) atoms. The summed E-state index contributed by atoms with van der Waals surface area (Å²) in [5, 5.41) is 20.0. The van der Waals surface area contributed by atoms with Crippen molar-refractivity contribution in [1.82, 2.24) is 0 Å². The summed E-state index contributed by atoms with van der Waals surface area (Å²) in [6.07, 6.45) is 2.71. The van der Waals surface area contributed by atoms with Crippen molar-refractivity contribution in [3.05, 3.63) is 39.7 Å². The molecule has 0 spiro atoms. The van der Waals surface area contributed by atoms with Gasteiger partial charge in [0.2, 0.25) is 0 Å². The van der Waals surface area contributed by atoms with E-state index in [1.165, 1.54) is 12.1 Å². The first-order chi connectivity index (χ1) is 9.04. The molecule has 0 amide bonds. The Kier molecular flexibility index (Phi) is 4.44. The number of benzene rings is 1. The highest BCUT2D eigenvalue weighted by Gasteiger charge is 2.20. The molecule has 0 aliphatic heterocycles. The van der Waals surface area contributed by atoms with Crippen molar-refractivity contribution < 1.29 is 19.2 Å². The molecule has 1 fully saturated rings. The van der Waals surface area contributed by atoms with Crippen molar-refractivity contribution in [1.29, 1.82) is 0 Å². The van der Waals surface area contributed by atoms with Gasteiger partial charge in [0.25, 0.3) is 5.69 Å². The fourth-order valence-corrected chi connectivity index (χ4v) is 2.25. The summed E-state index contributed by atoms with van der Waals surface area (Å²) in [5.41, 5.74) is 0.190. The highest BCUT2D eigenvalue weighted by Crippen LogP contribution is 2.23. The molecule has 1 saturated carbocycles. The first-order valence-electron chi connectivity index (χ1n) is 6.28. The fraction of sp³-hybridized carbons (Fsp3) is 0.538. The molecule has 0 unspecified atom stereocenters. The number of rotatable bonds is 4. The molecule has 1 aliphatic rings. The summed E-state index contributed by atoms with van der Waals surface area (Å²) < 4.78 is 18.8. The number of nitro benzene ring substituents is 1. The van der Waals surface area contributed by atoms with Crippen molar-refractivity contribution in [2.45, 2.75) is 44.5 Å². The predicted octanol–water partition coefficient (Wildman–Crippen LogP) is 2.55. The van der Waals surface area contributed by atoms with Crippen LogP contribution >= 0.6 is 0 Å². The molecule has 0 bridgehead atoms. The number of nitro groups is 1. The van der Waals surface area contributed by atoms with Crippen molar-refractivity contribution in [3.63, 3.8) is 0 Å². The van der Waals surface area contributed by atoms with E-state index >= 15 is 0 Å². The third kappa shape index (κ3) is 3.97. The van der Waals surface area contributed by atoms with Gasteiger partial charge in [0, 0.05) is 6.07 Å². The van der Waals surface area contributed by atoms with Crippen LogP contribution in [0, 0.1) is 15.9 Å². The Morgan fingerprint density at radius 3 is 2.63 bits per heavy atom. The van der Waals surface area contributed by atoms with Gasteiger partial charge in [-0.05, 0) is 37.3 Å². The van der Waals surface area contributed by atoms with E-state index in [-0.39, 0.29) is 24.5 Å². The largest absolute Gasteiger partial charge is 0.393 e. The molecular formula is C13H16FNO4. The SMILES string of the molecule is O=[N+]([O-])c1cc(F)cc(COC2CCC(O)CC2)c1. The fourth-order valence-electron chi connectivity index (χ4n) is 2.25. The van der Waals surface area contributed by atoms with Gasteiger partial charge < -0.3 is 9.84 Å². The number of nitrogens with zero attached hydrogens (tertiary/aromatic N) is 1. The van der Waals surface area contributed by atoms with E-state index in [9.17, 15) is 19.6 Å². The summed E-state index contributed by atoms with van der Waals surface area (Å²) in [6, 6.07) is 3.45. The number of aliphatic hydroxyl groups is 1. The number of halogens is 1. The molecule has 1 aromatic rings. The molecule has 104 valence electrons. The quantitative estimate of drug-likeness (QED) is 0.673. The zero-order valence-corrected chi connectivity index (χ0v) is 10.4. The lowest BCUT2D eigenvalue weighted by Gasteiger charge is -2.25. The van der Waals surface area contributed by atoms with Crippen LogP contribution in [0.3, 0.4) is 0 Å². The lowest BCUT2D eigenvalue weighted by Crippen LogP contribution is -2.24. The van der Waals surface area contributed by atoms with Gasteiger partial charge in [-0.25, -0.2) is 4.39 Å². The van der Waals surface area contributed by atoms with Crippen molar-refractivity contribution in [3.8, 4) is 0 Å². The van der Waals surface area contributed by atoms with Crippen molar-refractivity contribution in [2.75, 3.05) is 0 Å². The maximum atomic E-state index is 13.2.